The van der Waals surface area contributed by atoms with E-state index in [1.165, 1.54) is 32.1 Å². The van der Waals surface area contributed by atoms with Gasteiger partial charge in [-0.2, -0.15) is 0 Å². The van der Waals surface area contributed by atoms with Crippen LogP contribution in [0, 0.1) is 17.8 Å². The Bertz CT molecular complexity index is 272. The lowest BCUT2D eigenvalue weighted by molar-refractivity contribution is 0.155. The fourth-order valence-corrected chi connectivity index (χ4v) is 3.74. The molecule has 2 nitrogen and oxygen atoms in total. The van der Waals surface area contributed by atoms with Crippen molar-refractivity contribution >= 4 is 0 Å². The Kier molecular flexibility index (Phi) is 5.30. The number of hydrogen-bond donors (Lipinski definition) is 1. The molecule has 0 aromatic heterocycles. The zero-order chi connectivity index (χ0) is 14.0. The minimum Gasteiger partial charge on any atom is -0.312 e. The molecule has 2 aliphatic carbocycles. The highest BCUT2D eigenvalue weighted by molar-refractivity contribution is 4.89. The van der Waals surface area contributed by atoms with Gasteiger partial charge in [0.05, 0.1) is 0 Å². The molecule has 0 aliphatic heterocycles. The van der Waals surface area contributed by atoms with E-state index in [9.17, 15) is 0 Å². The third-order valence-electron chi connectivity index (χ3n) is 5.52. The maximum Gasteiger partial charge on any atom is 0.0192 e. The molecule has 2 aliphatic rings. The van der Waals surface area contributed by atoms with Gasteiger partial charge in [0.1, 0.15) is 0 Å². The highest BCUT2D eigenvalue weighted by Crippen LogP contribution is 2.33. The second-order valence-corrected chi connectivity index (χ2v) is 7.59. The molecule has 4 unspecified atom stereocenters. The summed E-state index contributed by atoms with van der Waals surface area (Å²) in [4.78, 5) is 2.57. The van der Waals surface area contributed by atoms with Gasteiger partial charge in [-0.3, -0.25) is 4.90 Å². The molecular weight excluding hydrogens is 232 g/mol. The molecule has 2 heteroatoms. The number of nitrogens with zero attached hydrogens (tertiary/aromatic N) is 1. The van der Waals surface area contributed by atoms with Crippen molar-refractivity contribution in [1.29, 1.82) is 0 Å². The average Bonchev–Trinajstić information content (AvgIpc) is 3.18. The van der Waals surface area contributed by atoms with Crippen LogP contribution in [0.1, 0.15) is 59.8 Å². The standard InChI is InChI=1S/C17H34N2/c1-12(2)16-9-6-13(3)10-17(16)18-11-14(4)19(5)15-7-8-15/h12-18H,6-11H2,1-5H3. The molecule has 0 amide bonds. The van der Waals surface area contributed by atoms with Crippen molar-refractivity contribution in [2.45, 2.75) is 77.9 Å². The zero-order valence-corrected chi connectivity index (χ0v) is 13.7. The Hall–Kier alpha value is -0.0800. The van der Waals surface area contributed by atoms with Gasteiger partial charge in [-0.1, -0.05) is 27.2 Å². The van der Waals surface area contributed by atoms with Crippen LogP contribution in [0.3, 0.4) is 0 Å². The van der Waals surface area contributed by atoms with Gasteiger partial charge in [0, 0.05) is 24.7 Å². The molecule has 2 saturated carbocycles. The molecule has 0 saturated heterocycles. The summed E-state index contributed by atoms with van der Waals surface area (Å²) in [6.07, 6.45) is 7.05. The minimum atomic E-state index is 0.678. The summed E-state index contributed by atoms with van der Waals surface area (Å²) in [6.45, 7) is 10.8. The smallest absolute Gasteiger partial charge is 0.0192 e. The fourth-order valence-electron chi connectivity index (χ4n) is 3.74. The average molecular weight is 266 g/mol. The number of likely N-dealkylation sites (N-methyl/N-ethyl adjacent to an activating group) is 1. The van der Waals surface area contributed by atoms with Gasteiger partial charge in [0.15, 0.2) is 0 Å². The molecule has 112 valence electrons. The van der Waals surface area contributed by atoms with Crippen LogP contribution >= 0.6 is 0 Å². The van der Waals surface area contributed by atoms with Crippen molar-refractivity contribution in [2.75, 3.05) is 13.6 Å². The van der Waals surface area contributed by atoms with E-state index < -0.39 is 0 Å². The summed E-state index contributed by atoms with van der Waals surface area (Å²) in [7, 11) is 2.30. The maximum atomic E-state index is 3.91. The monoisotopic (exact) mass is 266 g/mol. The van der Waals surface area contributed by atoms with Crippen LogP contribution in [0.5, 0.6) is 0 Å². The molecule has 0 heterocycles. The third-order valence-corrected chi connectivity index (χ3v) is 5.52. The molecule has 0 aromatic rings. The van der Waals surface area contributed by atoms with E-state index >= 15 is 0 Å². The molecule has 0 aromatic carbocycles. The maximum absolute atomic E-state index is 3.91. The Balaban J connectivity index is 1.81. The van der Waals surface area contributed by atoms with Crippen LogP contribution < -0.4 is 5.32 Å². The number of rotatable bonds is 6. The van der Waals surface area contributed by atoms with Gasteiger partial charge in [-0.25, -0.2) is 0 Å². The summed E-state index contributed by atoms with van der Waals surface area (Å²) < 4.78 is 0. The topological polar surface area (TPSA) is 15.3 Å². The normalized spacial score (nSPS) is 33.9. The molecule has 2 fully saturated rings. The largest absolute Gasteiger partial charge is 0.312 e. The lowest BCUT2D eigenvalue weighted by Gasteiger charge is -2.39. The van der Waals surface area contributed by atoms with Crippen LogP contribution in [0.2, 0.25) is 0 Å². The molecule has 2 rings (SSSR count). The summed E-state index contributed by atoms with van der Waals surface area (Å²) >= 11 is 0. The summed E-state index contributed by atoms with van der Waals surface area (Å²) in [5, 5.41) is 3.91. The third kappa shape index (κ3) is 4.19. The SMILES string of the molecule is CC1CCC(C(C)C)C(NCC(C)N(C)C2CC2)C1. The van der Waals surface area contributed by atoms with E-state index in [1.54, 1.807) is 0 Å². The summed E-state index contributed by atoms with van der Waals surface area (Å²) in [5.41, 5.74) is 0. The zero-order valence-electron chi connectivity index (χ0n) is 13.7. The van der Waals surface area contributed by atoms with E-state index in [4.69, 9.17) is 0 Å². The van der Waals surface area contributed by atoms with E-state index in [2.05, 4.69) is 45.0 Å². The first kappa shape index (κ1) is 15.3. The quantitative estimate of drug-likeness (QED) is 0.791. The van der Waals surface area contributed by atoms with E-state index in [0.717, 1.165) is 36.4 Å². The minimum absolute atomic E-state index is 0.678. The highest BCUT2D eigenvalue weighted by atomic mass is 15.2. The van der Waals surface area contributed by atoms with Gasteiger partial charge >= 0.3 is 0 Å². The summed E-state index contributed by atoms with van der Waals surface area (Å²) in [6, 6.07) is 2.30. The molecule has 0 spiro atoms. The predicted octanol–water partition coefficient (Wildman–Crippen LogP) is 3.52. The van der Waals surface area contributed by atoms with Crippen molar-refractivity contribution < 1.29 is 0 Å². The molecule has 0 radical (unpaired) electrons. The van der Waals surface area contributed by atoms with Crippen LogP contribution in [-0.4, -0.2) is 36.6 Å². The Morgan fingerprint density at radius 1 is 1.11 bits per heavy atom. The lowest BCUT2D eigenvalue weighted by Crippen LogP contribution is -2.48. The first-order chi connectivity index (χ1) is 8.99. The second-order valence-electron chi connectivity index (χ2n) is 7.59. The lowest BCUT2D eigenvalue weighted by atomic mass is 9.74. The van der Waals surface area contributed by atoms with Crippen molar-refractivity contribution in [3.05, 3.63) is 0 Å². The van der Waals surface area contributed by atoms with E-state index in [-0.39, 0.29) is 0 Å². The predicted molar refractivity (Wildman–Crippen MR) is 83.4 cm³/mol. The summed E-state index contributed by atoms with van der Waals surface area (Å²) in [5.74, 6) is 2.61. The number of nitrogens with one attached hydrogen (secondary N) is 1. The molecule has 0 bridgehead atoms. The van der Waals surface area contributed by atoms with Crippen LogP contribution in [0.25, 0.3) is 0 Å². The van der Waals surface area contributed by atoms with E-state index in [1.807, 2.05) is 0 Å². The molecule has 1 N–H and O–H groups in total. The van der Waals surface area contributed by atoms with Gasteiger partial charge in [0.2, 0.25) is 0 Å². The Morgan fingerprint density at radius 3 is 2.37 bits per heavy atom. The van der Waals surface area contributed by atoms with Gasteiger partial charge in [-0.05, 0) is 57.4 Å². The molecule has 19 heavy (non-hydrogen) atoms. The van der Waals surface area contributed by atoms with Gasteiger partial charge in [-0.15, -0.1) is 0 Å². The van der Waals surface area contributed by atoms with Gasteiger partial charge < -0.3 is 5.32 Å². The molecule has 4 atom stereocenters. The van der Waals surface area contributed by atoms with Crippen molar-refractivity contribution in [1.82, 2.24) is 10.2 Å². The first-order valence-electron chi connectivity index (χ1n) is 8.44. The van der Waals surface area contributed by atoms with Crippen molar-refractivity contribution in [3.8, 4) is 0 Å². The Morgan fingerprint density at radius 2 is 1.79 bits per heavy atom. The Labute approximate surface area is 120 Å². The fraction of sp³-hybridized carbons (Fsp3) is 1.00. The molecular formula is C17H34N2. The first-order valence-corrected chi connectivity index (χ1v) is 8.44. The van der Waals surface area contributed by atoms with E-state index in [0.29, 0.717) is 6.04 Å². The number of hydrogen-bond acceptors (Lipinski definition) is 2. The van der Waals surface area contributed by atoms with Crippen molar-refractivity contribution in [2.24, 2.45) is 17.8 Å². The van der Waals surface area contributed by atoms with Crippen LogP contribution in [0.4, 0.5) is 0 Å². The second kappa shape index (κ2) is 6.58. The van der Waals surface area contributed by atoms with Crippen LogP contribution in [-0.2, 0) is 0 Å². The van der Waals surface area contributed by atoms with Gasteiger partial charge in [0.25, 0.3) is 0 Å². The van der Waals surface area contributed by atoms with Crippen LogP contribution in [0.15, 0.2) is 0 Å². The van der Waals surface area contributed by atoms with Crippen molar-refractivity contribution in [3.63, 3.8) is 0 Å². The highest BCUT2D eigenvalue weighted by Gasteiger charge is 2.32.